The van der Waals surface area contributed by atoms with Gasteiger partial charge < -0.3 is 30.5 Å². The minimum atomic E-state index is -4.97. The van der Waals surface area contributed by atoms with E-state index in [2.05, 4.69) is 19.5 Å². The van der Waals surface area contributed by atoms with Crippen molar-refractivity contribution in [1.29, 1.82) is 0 Å². The molecule has 2 aromatic heterocycles. The molecule has 0 amide bonds. The first-order valence-corrected chi connectivity index (χ1v) is 8.14. The van der Waals surface area contributed by atoms with Gasteiger partial charge in [-0.2, -0.15) is 0 Å². The number of phosphoric acid groups is 1. The van der Waals surface area contributed by atoms with Crippen LogP contribution >= 0.6 is 7.82 Å². The van der Waals surface area contributed by atoms with E-state index in [9.17, 15) is 14.8 Å². The summed E-state index contributed by atoms with van der Waals surface area (Å²) in [4.78, 5) is 29.6. The Morgan fingerprint density at radius 3 is 2.75 bits per heavy atom. The number of rotatable bonds is 4. The highest BCUT2D eigenvalue weighted by Gasteiger charge is 2.56. The fourth-order valence-electron chi connectivity index (χ4n) is 2.55. The molecular formula is C10H15N6O7P. The Morgan fingerprint density at radius 1 is 1.42 bits per heavy atom. The second kappa shape index (κ2) is 5.68. The molecule has 13 nitrogen and oxygen atoms in total. The number of hydrogen-bond donors (Lipinski definition) is 6. The number of phosphoric ester groups is 1. The molecule has 0 aromatic carbocycles. The first-order chi connectivity index (χ1) is 11.2. The van der Waals surface area contributed by atoms with Crippen molar-refractivity contribution >= 4 is 24.8 Å². The molecule has 1 aliphatic heterocycles. The number of nitrogens with two attached hydrogens (primary N) is 2. The molecule has 1 fully saturated rings. The zero-order valence-electron chi connectivity index (χ0n) is 12.0. The van der Waals surface area contributed by atoms with Crippen LogP contribution in [0, 0.1) is 0 Å². The first-order valence-electron chi connectivity index (χ1n) is 6.61. The molecule has 3 heterocycles. The van der Waals surface area contributed by atoms with Gasteiger partial charge in [-0.05, 0) is 0 Å². The Morgan fingerprint density at radius 2 is 2.12 bits per heavy atom. The number of aliphatic hydroxyl groups is 2. The lowest BCUT2D eigenvalue weighted by molar-refractivity contribution is -0.141. The van der Waals surface area contributed by atoms with E-state index in [-0.39, 0.29) is 17.0 Å². The molecule has 4 atom stereocenters. The van der Waals surface area contributed by atoms with Crippen LogP contribution in [0.3, 0.4) is 0 Å². The first kappa shape index (κ1) is 17.1. The van der Waals surface area contributed by atoms with Crippen LogP contribution in [0.1, 0.15) is 0 Å². The molecule has 1 saturated heterocycles. The lowest BCUT2D eigenvalue weighted by Gasteiger charge is -2.29. The van der Waals surface area contributed by atoms with E-state index < -0.39 is 38.6 Å². The summed E-state index contributed by atoms with van der Waals surface area (Å²) in [7, 11) is -4.97. The summed E-state index contributed by atoms with van der Waals surface area (Å²) < 4.78 is 22.1. The number of aliphatic hydroxyl groups excluding tert-OH is 2. The molecule has 0 bridgehead atoms. The molecular weight excluding hydrogens is 347 g/mol. The van der Waals surface area contributed by atoms with E-state index in [0.717, 1.165) is 10.9 Å². The molecule has 2 aromatic rings. The molecule has 132 valence electrons. The standard InChI is InChI=1S/C10H15N6O7P/c11-8-5-9(14-2-13-8)16(3-15-5)10(12)7(18)6(4(1-17)22-10)23-24(19,20)21/h2-4,6-7,17-18H,1,12H2,(H2,11,13,14)(H2,19,20,21)/t4-,6-,7-,10+/m1/s1. The maximum absolute atomic E-state index is 11.1. The Labute approximate surface area is 134 Å². The van der Waals surface area contributed by atoms with Crippen LogP contribution in [0.2, 0.25) is 0 Å². The van der Waals surface area contributed by atoms with Crippen LogP contribution in [0.5, 0.6) is 0 Å². The van der Waals surface area contributed by atoms with Crippen LogP contribution in [-0.2, 0) is 19.7 Å². The quantitative estimate of drug-likeness (QED) is 0.304. The van der Waals surface area contributed by atoms with E-state index in [1.165, 1.54) is 6.33 Å². The third kappa shape index (κ3) is 2.66. The van der Waals surface area contributed by atoms with Crippen molar-refractivity contribution in [3.8, 4) is 0 Å². The van der Waals surface area contributed by atoms with Crippen LogP contribution in [0.25, 0.3) is 11.2 Å². The van der Waals surface area contributed by atoms with Crippen molar-refractivity contribution in [1.82, 2.24) is 19.5 Å². The van der Waals surface area contributed by atoms with E-state index >= 15 is 0 Å². The van der Waals surface area contributed by atoms with Crippen LogP contribution in [0.4, 0.5) is 5.82 Å². The van der Waals surface area contributed by atoms with Gasteiger partial charge in [-0.3, -0.25) is 14.8 Å². The van der Waals surface area contributed by atoms with Gasteiger partial charge in [0, 0.05) is 0 Å². The number of nitrogens with zero attached hydrogens (tertiary/aromatic N) is 4. The second-order valence-electron chi connectivity index (χ2n) is 5.14. The van der Waals surface area contributed by atoms with Crippen molar-refractivity contribution in [2.75, 3.05) is 12.3 Å². The summed E-state index contributed by atoms with van der Waals surface area (Å²) in [6.45, 7) is -0.704. The summed E-state index contributed by atoms with van der Waals surface area (Å²) in [5.41, 5.74) is 12.1. The van der Waals surface area contributed by atoms with Crippen molar-refractivity contribution in [2.45, 2.75) is 24.2 Å². The number of hydrogen-bond acceptors (Lipinski definition) is 10. The number of aromatic nitrogens is 4. The maximum Gasteiger partial charge on any atom is 0.470 e. The lowest BCUT2D eigenvalue weighted by atomic mass is 10.1. The molecule has 8 N–H and O–H groups in total. The van der Waals surface area contributed by atoms with Crippen LogP contribution in [0.15, 0.2) is 12.7 Å². The van der Waals surface area contributed by atoms with E-state index in [1.54, 1.807) is 0 Å². The predicted molar refractivity (Wildman–Crippen MR) is 76.8 cm³/mol. The third-order valence-electron chi connectivity index (χ3n) is 3.62. The Balaban J connectivity index is 2.06. The number of imidazole rings is 1. The zero-order valence-corrected chi connectivity index (χ0v) is 12.9. The topological polar surface area (TPSA) is 212 Å². The Bertz CT molecular complexity index is 810. The van der Waals surface area contributed by atoms with Crippen molar-refractivity contribution in [2.24, 2.45) is 5.73 Å². The van der Waals surface area contributed by atoms with E-state index in [4.69, 9.17) is 26.0 Å². The Hall–Kier alpha value is -1.70. The molecule has 0 aliphatic carbocycles. The summed E-state index contributed by atoms with van der Waals surface area (Å²) in [5, 5.41) is 19.8. The summed E-state index contributed by atoms with van der Waals surface area (Å²) in [5.74, 6) is -1.99. The number of ether oxygens (including phenoxy) is 1. The average Bonchev–Trinajstić information content (AvgIpc) is 3.03. The van der Waals surface area contributed by atoms with Gasteiger partial charge in [-0.25, -0.2) is 19.5 Å². The van der Waals surface area contributed by atoms with Gasteiger partial charge in [0.1, 0.15) is 36.5 Å². The van der Waals surface area contributed by atoms with Crippen LogP contribution in [-0.4, -0.2) is 64.4 Å². The summed E-state index contributed by atoms with van der Waals surface area (Å²) in [6.07, 6.45) is -2.32. The SMILES string of the molecule is Nc1ncnc2c1ncn2[C@]1(N)O[C@H](CO)[C@@H](OP(=O)(O)O)[C@H]1O. The van der Waals surface area contributed by atoms with Gasteiger partial charge in [-0.1, -0.05) is 0 Å². The summed E-state index contributed by atoms with van der Waals surface area (Å²) in [6, 6.07) is 0. The molecule has 14 heteroatoms. The zero-order chi connectivity index (χ0) is 17.7. The minimum Gasteiger partial charge on any atom is -0.394 e. The van der Waals surface area contributed by atoms with Gasteiger partial charge in [0.25, 0.3) is 0 Å². The smallest absolute Gasteiger partial charge is 0.394 e. The molecule has 0 saturated carbocycles. The van der Waals surface area contributed by atoms with E-state index in [1.807, 2.05) is 0 Å². The molecule has 3 rings (SSSR count). The van der Waals surface area contributed by atoms with Gasteiger partial charge in [0.2, 0.25) is 5.85 Å². The number of fused-ring (bicyclic) bond motifs is 1. The lowest BCUT2D eigenvalue weighted by Crippen LogP contribution is -2.53. The number of anilines is 1. The highest BCUT2D eigenvalue weighted by Crippen LogP contribution is 2.44. The molecule has 24 heavy (non-hydrogen) atoms. The van der Waals surface area contributed by atoms with Gasteiger partial charge >= 0.3 is 7.82 Å². The minimum absolute atomic E-state index is 0.0663. The van der Waals surface area contributed by atoms with Crippen molar-refractivity contribution in [3.05, 3.63) is 12.7 Å². The Kier molecular flexibility index (Phi) is 4.06. The highest BCUT2D eigenvalue weighted by molar-refractivity contribution is 7.46. The molecule has 1 aliphatic rings. The molecule has 0 unspecified atom stereocenters. The van der Waals surface area contributed by atoms with Gasteiger partial charge in [0.15, 0.2) is 11.5 Å². The van der Waals surface area contributed by atoms with Crippen molar-refractivity contribution in [3.63, 3.8) is 0 Å². The van der Waals surface area contributed by atoms with Gasteiger partial charge in [-0.15, -0.1) is 0 Å². The average molecular weight is 362 g/mol. The second-order valence-corrected chi connectivity index (χ2v) is 6.33. The number of nitrogen functional groups attached to an aromatic ring is 1. The molecule has 0 spiro atoms. The van der Waals surface area contributed by atoms with Crippen LogP contribution < -0.4 is 11.5 Å². The largest absolute Gasteiger partial charge is 0.470 e. The van der Waals surface area contributed by atoms with Gasteiger partial charge in [0.05, 0.1) is 6.61 Å². The predicted octanol–water partition coefficient (Wildman–Crippen LogP) is -2.79. The molecule has 0 radical (unpaired) electrons. The normalized spacial score (nSPS) is 31.0. The monoisotopic (exact) mass is 362 g/mol. The fraction of sp³-hybridized carbons (Fsp3) is 0.500. The highest BCUT2D eigenvalue weighted by atomic mass is 31.2. The van der Waals surface area contributed by atoms with Crippen molar-refractivity contribution < 1.29 is 33.8 Å². The fourth-order valence-corrected chi connectivity index (χ4v) is 3.12. The maximum atomic E-state index is 11.1. The third-order valence-corrected chi connectivity index (χ3v) is 4.14. The van der Waals surface area contributed by atoms with E-state index in [0.29, 0.717) is 0 Å². The summed E-state index contributed by atoms with van der Waals surface area (Å²) >= 11 is 0.